The molecule has 0 spiro atoms. The van der Waals surface area contributed by atoms with Crippen LogP contribution in [0.3, 0.4) is 0 Å². The van der Waals surface area contributed by atoms with Crippen molar-refractivity contribution in [1.82, 2.24) is 4.90 Å². The molecule has 0 saturated carbocycles. The summed E-state index contributed by atoms with van der Waals surface area (Å²) in [6, 6.07) is 5.80. The van der Waals surface area contributed by atoms with Crippen molar-refractivity contribution < 1.29 is 29.0 Å². The van der Waals surface area contributed by atoms with E-state index >= 15 is 0 Å². The van der Waals surface area contributed by atoms with Gasteiger partial charge in [-0.3, -0.25) is 4.79 Å². The quantitative estimate of drug-likeness (QED) is 0.613. The van der Waals surface area contributed by atoms with E-state index in [0.29, 0.717) is 5.03 Å². The Bertz CT molecular complexity index is 672. The molecule has 0 atom stereocenters. The van der Waals surface area contributed by atoms with Crippen molar-refractivity contribution in [2.24, 2.45) is 0 Å². The van der Waals surface area contributed by atoms with Gasteiger partial charge >= 0.3 is 11.9 Å². The third-order valence-electron chi connectivity index (χ3n) is 3.07. The van der Waals surface area contributed by atoms with E-state index < -0.39 is 11.9 Å². The predicted molar refractivity (Wildman–Crippen MR) is 87.3 cm³/mol. The molecule has 1 aliphatic rings. The summed E-state index contributed by atoms with van der Waals surface area (Å²) < 4.78 is 9.92. The van der Waals surface area contributed by atoms with Crippen LogP contribution in [0, 0.1) is 0 Å². The Morgan fingerprint density at radius 3 is 2.88 bits per heavy atom. The maximum Gasteiger partial charge on any atom is 0.338 e. The zero-order valence-corrected chi connectivity index (χ0v) is 13.9. The van der Waals surface area contributed by atoms with Crippen LogP contribution in [0.5, 0.6) is 5.75 Å². The largest absolute Gasteiger partial charge is 0.508 e. The van der Waals surface area contributed by atoms with Gasteiger partial charge in [0.2, 0.25) is 5.91 Å². The summed E-state index contributed by atoms with van der Waals surface area (Å²) in [6.07, 6.45) is 1.26. The summed E-state index contributed by atoms with van der Waals surface area (Å²) in [4.78, 5) is 36.6. The van der Waals surface area contributed by atoms with Gasteiger partial charge in [0, 0.05) is 0 Å². The summed E-state index contributed by atoms with van der Waals surface area (Å²) in [7, 11) is 0. The van der Waals surface area contributed by atoms with Crippen LogP contribution >= 0.6 is 11.8 Å². The maximum atomic E-state index is 11.9. The van der Waals surface area contributed by atoms with E-state index in [9.17, 15) is 19.5 Å². The fourth-order valence-corrected chi connectivity index (χ4v) is 2.96. The fraction of sp³-hybridized carbons (Fsp3) is 0.312. The lowest BCUT2D eigenvalue weighted by atomic mass is 10.2. The number of thioether (sulfide) groups is 1. The highest BCUT2D eigenvalue weighted by Crippen LogP contribution is 2.28. The SMILES string of the molecule is CCOC(=O)/C=C1\SCC(=O)N1CCOC(=O)c1cccc(O)c1. The minimum Gasteiger partial charge on any atom is -0.508 e. The van der Waals surface area contributed by atoms with Gasteiger partial charge in [0.15, 0.2) is 0 Å². The second-order valence-electron chi connectivity index (χ2n) is 4.75. The maximum absolute atomic E-state index is 11.9. The summed E-state index contributed by atoms with van der Waals surface area (Å²) in [5.74, 6) is -1.08. The number of esters is 2. The van der Waals surface area contributed by atoms with Crippen LogP contribution in [0.1, 0.15) is 17.3 Å². The number of phenolic OH excluding ortho intramolecular Hbond substituents is 1. The van der Waals surface area contributed by atoms with E-state index in [0.717, 1.165) is 0 Å². The second-order valence-corrected chi connectivity index (χ2v) is 5.75. The van der Waals surface area contributed by atoms with E-state index in [1.165, 1.54) is 47.0 Å². The first-order valence-corrected chi connectivity index (χ1v) is 8.27. The molecule has 1 heterocycles. The zero-order chi connectivity index (χ0) is 17.5. The number of ether oxygens (including phenoxy) is 2. The van der Waals surface area contributed by atoms with Crippen molar-refractivity contribution >= 4 is 29.6 Å². The number of carbonyl (C=O) groups excluding carboxylic acids is 3. The standard InChI is InChI=1S/C16H17NO6S/c1-2-22-15(20)9-14-17(13(19)10-24-14)6-7-23-16(21)11-4-3-5-12(18)8-11/h3-5,8-9,18H,2,6-7,10H2,1H3/b14-9-. The average molecular weight is 351 g/mol. The van der Waals surface area contributed by atoms with Crippen molar-refractivity contribution in [3.8, 4) is 5.75 Å². The Morgan fingerprint density at radius 1 is 1.38 bits per heavy atom. The van der Waals surface area contributed by atoms with Gasteiger partial charge in [-0.25, -0.2) is 9.59 Å². The average Bonchev–Trinajstić information content (AvgIpc) is 2.88. The highest BCUT2D eigenvalue weighted by Gasteiger charge is 2.27. The van der Waals surface area contributed by atoms with Crippen molar-refractivity contribution in [3.63, 3.8) is 0 Å². The summed E-state index contributed by atoms with van der Waals surface area (Å²) in [5, 5.41) is 9.82. The van der Waals surface area contributed by atoms with Crippen LogP contribution in [0.4, 0.5) is 0 Å². The first kappa shape index (κ1) is 17.9. The van der Waals surface area contributed by atoms with Crippen molar-refractivity contribution in [1.29, 1.82) is 0 Å². The number of carbonyl (C=O) groups is 3. The Labute approximate surface area is 143 Å². The highest BCUT2D eigenvalue weighted by molar-refractivity contribution is 8.04. The summed E-state index contributed by atoms with van der Waals surface area (Å²) >= 11 is 1.23. The van der Waals surface area contributed by atoms with Crippen LogP contribution in [0.25, 0.3) is 0 Å². The summed E-state index contributed by atoms with van der Waals surface area (Å²) in [6.45, 7) is 2.06. The monoisotopic (exact) mass is 351 g/mol. The Hall–Kier alpha value is -2.48. The zero-order valence-electron chi connectivity index (χ0n) is 13.1. The normalized spacial score (nSPS) is 15.6. The molecule has 1 N–H and O–H groups in total. The molecule has 8 heteroatoms. The van der Waals surface area contributed by atoms with Gasteiger partial charge in [0.05, 0.1) is 35.6 Å². The summed E-state index contributed by atoms with van der Waals surface area (Å²) in [5.41, 5.74) is 0.222. The topological polar surface area (TPSA) is 93.1 Å². The van der Waals surface area contributed by atoms with E-state index in [1.54, 1.807) is 6.92 Å². The lowest BCUT2D eigenvalue weighted by molar-refractivity contribution is -0.137. The molecule has 1 aromatic rings. The number of nitrogens with zero attached hydrogens (tertiary/aromatic N) is 1. The second kappa shape index (κ2) is 8.39. The lowest BCUT2D eigenvalue weighted by Crippen LogP contribution is -2.29. The molecule has 0 aliphatic carbocycles. The van der Waals surface area contributed by atoms with Gasteiger partial charge in [-0.1, -0.05) is 17.8 Å². The van der Waals surface area contributed by atoms with Crippen LogP contribution < -0.4 is 0 Å². The van der Waals surface area contributed by atoms with E-state index in [-0.39, 0.29) is 42.7 Å². The molecule has 0 aromatic heterocycles. The number of amides is 1. The first-order valence-electron chi connectivity index (χ1n) is 7.29. The fourth-order valence-electron chi connectivity index (χ4n) is 2.00. The van der Waals surface area contributed by atoms with Gasteiger partial charge < -0.3 is 19.5 Å². The molecule has 0 bridgehead atoms. The number of hydrogen-bond acceptors (Lipinski definition) is 7. The number of benzene rings is 1. The number of phenols is 1. The molecular weight excluding hydrogens is 334 g/mol. The van der Waals surface area contributed by atoms with Gasteiger partial charge in [0.1, 0.15) is 12.4 Å². The number of hydrogen-bond donors (Lipinski definition) is 1. The van der Waals surface area contributed by atoms with Gasteiger partial charge in [0.25, 0.3) is 0 Å². The number of aromatic hydroxyl groups is 1. The molecular formula is C16H17NO6S. The molecule has 2 rings (SSSR count). The minimum absolute atomic E-state index is 0.0268. The first-order chi connectivity index (χ1) is 11.5. The third kappa shape index (κ3) is 4.76. The molecule has 128 valence electrons. The highest BCUT2D eigenvalue weighted by atomic mass is 32.2. The minimum atomic E-state index is -0.596. The van der Waals surface area contributed by atoms with E-state index in [2.05, 4.69) is 0 Å². The van der Waals surface area contributed by atoms with Crippen LogP contribution in [-0.4, -0.2) is 53.4 Å². The Balaban J connectivity index is 1.91. The third-order valence-corrected chi connectivity index (χ3v) is 4.09. The van der Waals surface area contributed by atoms with E-state index in [1.807, 2.05) is 0 Å². The van der Waals surface area contributed by atoms with Crippen LogP contribution in [0.15, 0.2) is 35.4 Å². The van der Waals surface area contributed by atoms with Gasteiger partial charge in [-0.2, -0.15) is 0 Å². The molecule has 1 saturated heterocycles. The van der Waals surface area contributed by atoms with Crippen LogP contribution in [0.2, 0.25) is 0 Å². The lowest BCUT2D eigenvalue weighted by Gasteiger charge is -2.16. The Morgan fingerprint density at radius 2 is 2.17 bits per heavy atom. The predicted octanol–water partition coefficient (Wildman–Crippen LogP) is 1.53. The smallest absolute Gasteiger partial charge is 0.338 e. The number of rotatable bonds is 6. The molecule has 1 amide bonds. The molecule has 1 aromatic carbocycles. The Kier molecular flexibility index (Phi) is 6.25. The molecule has 0 unspecified atom stereocenters. The molecule has 1 fully saturated rings. The molecule has 24 heavy (non-hydrogen) atoms. The molecule has 1 aliphatic heterocycles. The van der Waals surface area contributed by atoms with E-state index in [4.69, 9.17) is 9.47 Å². The van der Waals surface area contributed by atoms with Crippen molar-refractivity contribution in [3.05, 3.63) is 40.9 Å². The molecule has 0 radical (unpaired) electrons. The van der Waals surface area contributed by atoms with Gasteiger partial charge in [-0.15, -0.1) is 0 Å². The molecule has 7 nitrogen and oxygen atoms in total. The van der Waals surface area contributed by atoms with Crippen molar-refractivity contribution in [2.75, 3.05) is 25.5 Å². The van der Waals surface area contributed by atoms with Gasteiger partial charge in [-0.05, 0) is 25.1 Å². The van der Waals surface area contributed by atoms with Crippen molar-refractivity contribution in [2.45, 2.75) is 6.92 Å². The van der Waals surface area contributed by atoms with Crippen LogP contribution in [-0.2, 0) is 19.1 Å².